The number of nitrogens with zero attached hydrogens (tertiary/aromatic N) is 1. The normalized spacial score (nSPS) is 15.5. The van der Waals surface area contributed by atoms with E-state index < -0.39 is 0 Å². The highest BCUT2D eigenvalue weighted by Gasteiger charge is 2.15. The van der Waals surface area contributed by atoms with E-state index in [9.17, 15) is 4.79 Å². The zero-order valence-electron chi connectivity index (χ0n) is 12.6. The van der Waals surface area contributed by atoms with Gasteiger partial charge in [-0.05, 0) is 43.0 Å². The van der Waals surface area contributed by atoms with Crippen molar-refractivity contribution in [2.24, 2.45) is 5.92 Å². The number of benzene rings is 1. The highest BCUT2D eigenvalue weighted by atomic mass is 16.1. The number of terminal acetylenes is 1. The summed E-state index contributed by atoms with van der Waals surface area (Å²) < 4.78 is 0. The first-order chi connectivity index (χ1) is 10.2. The Morgan fingerprint density at radius 1 is 1.33 bits per heavy atom. The van der Waals surface area contributed by atoms with E-state index in [1.165, 1.54) is 18.5 Å². The van der Waals surface area contributed by atoms with Crippen molar-refractivity contribution in [3.05, 3.63) is 24.3 Å². The van der Waals surface area contributed by atoms with Gasteiger partial charge in [0.15, 0.2) is 0 Å². The Balaban J connectivity index is 1.84. The van der Waals surface area contributed by atoms with Crippen LogP contribution in [0.4, 0.5) is 11.4 Å². The molecule has 112 valence electrons. The van der Waals surface area contributed by atoms with Crippen molar-refractivity contribution < 1.29 is 4.79 Å². The van der Waals surface area contributed by atoms with Gasteiger partial charge >= 0.3 is 0 Å². The second-order valence-electron chi connectivity index (χ2n) is 5.57. The smallest absolute Gasteiger partial charge is 0.238 e. The summed E-state index contributed by atoms with van der Waals surface area (Å²) in [5.41, 5.74) is 2.04. The van der Waals surface area contributed by atoms with Gasteiger partial charge in [-0.3, -0.25) is 10.1 Å². The molecule has 0 aromatic heterocycles. The quantitative estimate of drug-likeness (QED) is 0.643. The number of amides is 1. The molecule has 1 aromatic carbocycles. The van der Waals surface area contributed by atoms with Crippen molar-refractivity contribution in [2.45, 2.75) is 19.8 Å². The molecule has 0 unspecified atom stereocenters. The Labute approximate surface area is 126 Å². The second-order valence-corrected chi connectivity index (χ2v) is 5.57. The summed E-state index contributed by atoms with van der Waals surface area (Å²) in [5, 5.41) is 5.72. The summed E-state index contributed by atoms with van der Waals surface area (Å²) in [6, 6.07) is 8.04. The van der Waals surface area contributed by atoms with Crippen LogP contribution in [0, 0.1) is 18.3 Å². The number of carbonyl (C=O) groups excluding carboxylic acids is 1. The zero-order valence-corrected chi connectivity index (χ0v) is 12.6. The van der Waals surface area contributed by atoms with Gasteiger partial charge in [0, 0.05) is 24.5 Å². The maximum Gasteiger partial charge on any atom is 0.238 e. The van der Waals surface area contributed by atoms with Crippen LogP contribution in [0.15, 0.2) is 24.3 Å². The number of anilines is 2. The van der Waals surface area contributed by atoms with Crippen LogP contribution in [0.3, 0.4) is 0 Å². The summed E-state index contributed by atoms with van der Waals surface area (Å²) in [6.45, 7) is 5.17. The molecule has 1 heterocycles. The second kappa shape index (κ2) is 7.70. The fourth-order valence-electron chi connectivity index (χ4n) is 2.48. The largest absolute Gasteiger partial charge is 0.372 e. The number of piperidine rings is 1. The van der Waals surface area contributed by atoms with Gasteiger partial charge < -0.3 is 10.2 Å². The van der Waals surface area contributed by atoms with Crippen LogP contribution in [-0.2, 0) is 4.79 Å². The Bertz CT molecular complexity index is 496. The van der Waals surface area contributed by atoms with Crippen LogP contribution < -0.4 is 15.5 Å². The lowest BCUT2D eigenvalue weighted by atomic mass is 9.99. The van der Waals surface area contributed by atoms with Gasteiger partial charge in [0.2, 0.25) is 5.91 Å². The third-order valence-electron chi connectivity index (χ3n) is 3.81. The average Bonchev–Trinajstić information content (AvgIpc) is 2.49. The number of hydrogen-bond donors (Lipinski definition) is 2. The van der Waals surface area contributed by atoms with Crippen molar-refractivity contribution in [3.63, 3.8) is 0 Å². The first-order valence-electron chi connectivity index (χ1n) is 7.48. The summed E-state index contributed by atoms with van der Waals surface area (Å²) in [4.78, 5) is 14.1. The summed E-state index contributed by atoms with van der Waals surface area (Å²) in [6.07, 6.45) is 7.61. The van der Waals surface area contributed by atoms with E-state index in [0.717, 1.165) is 24.7 Å². The highest BCUT2D eigenvalue weighted by molar-refractivity contribution is 5.92. The van der Waals surface area contributed by atoms with Crippen molar-refractivity contribution in [3.8, 4) is 12.3 Å². The van der Waals surface area contributed by atoms with Gasteiger partial charge in [0.05, 0.1) is 13.1 Å². The molecule has 2 N–H and O–H groups in total. The Kier molecular flexibility index (Phi) is 5.65. The number of rotatable bonds is 5. The molecule has 1 saturated heterocycles. The summed E-state index contributed by atoms with van der Waals surface area (Å²) in [5.74, 6) is 3.19. The molecule has 1 aliphatic rings. The molecule has 0 saturated carbocycles. The molecule has 0 spiro atoms. The van der Waals surface area contributed by atoms with E-state index in [0.29, 0.717) is 6.54 Å². The molecule has 2 rings (SSSR count). The van der Waals surface area contributed by atoms with Gasteiger partial charge in [-0.1, -0.05) is 12.8 Å². The average molecular weight is 285 g/mol. The maximum atomic E-state index is 11.7. The molecule has 1 fully saturated rings. The topological polar surface area (TPSA) is 44.4 Å². The van der Waals surface area contributed by atoms with E-state index >= 15 is 0 Å². The molecular formula is C17H23N3O. The van der Waals surface area contributed by atoms with Crippen molar-refractivity contribution in [1.82, 2.24) is 5.32 Å². The van der Waals surface area contributed by atoms with Crippen molar-refractivity contribution >= 4 is 17.3 Å². The number of carbonyl (C=O) groups is 1. The molecule has 1 amide bonds. The molecule has 0 radical (unpaired) electrons. The van der Waals surface area contributed by atoms with Crippen LogP contribution in [0.25, 0.3) is 0 Å². The van der Waals surface area contributed by atoms with Crippen LogP contribution in [-0.4, -0.2) is 32.1 Å². The van der Waals surface area contributed by atoms with Gasteiger partial charge in [-0.2, -0.15) is 0 Å². The molecule has 0 bridgehead atoms. The van der Waals surface area contributed by atoms with E-state index in [2.05, 4.69) is 40.5 Å². The van der Waals surface area contributed by atoms with Crippen LogP contribution in [0.5, 0.6) is 0 Å². The minimum atomic E-state index is -0.0789. The lowest BCUT2D eigenvalue weighted by molar-refractivity contribution is -0.115. The highest BCUT2D eigenvalue weighted by Crippen LogP contribution is 2.24. The monoisotopic (exact) mass is 285 g/mol. The molecule has 1 aromatic rings. The van der Waals surface area contributed by atoms with E-state index in [1.54, 1.807) is 0 Å². The molecule has 4 heteroatoms. The third kappa shape index (κ3) is 4.80. The minimum Gasteiger partial charge on any atom is -0.372 e. The lowest BCUT2D eigenvalue weighted by Gasteiger charge is -2.32. The molecule has 1 aliphatic heterocycles. The number of nitrogens with one attached hydrogen (secondary N) is 2. The molecular weight excluding hydrogens is 262 g/mol. The first-order valence-corrected chi connectivity index (χ1v) is 7.48. The Morgan fingerprint density at radius 3 is 2.62 bits per heavy atom. The molecule has 0 aliphatic carbocycles. The Hall–Kier alpha value is -1.99. The zero-order chi connectivity index (χ0) is 15.1. The van der Waals surface area contributed by atoms with Crippen LogP contribution in [0.1, 0.15) is 19.8 Å². The molecule has 4 nitrogen and oxygen atoms in total. The molecule has 21 heavy (non-hydrogen) atoms. The standard InChI is InChI=1S/C17H23N3O/c1-3-10-18-13-17(21)19-15-4-6-16(7-5-15)20-11-8-14(2)9-12-20/h1,4-7,14,18H,8-13H2,2H3,(H,19,21). The fourth-order valence-corrected chi connectivity index (χ4v) is 2.48. The Morgan fingerprint density at radius 2 is 2.00 bits per heavy atom. The van der Waals surface area contributed by atoms with E-state index in [4.69, 9.17) is 6.42 Å². The maximum absolute atomic E-state index is 11.7. The van der Waals surface area contributed by atoms with Crippen LogP contribution in [0.2, 0.25) is 0 Å². The fraction of sp³-hybridized carbons (Fsp3) is 0.471. The SMILES string of the molecule is C#CCNCC(=O)Nc1ccc(N2CCC(C)CC2)cc1. The number of hydrogen-bond acceptors (Lipinski definition) is 3. The van der Waals surface area contributed by atoms with Crippen LogP contribution >= 0.6 is 0 Å². The van der Waals surface area contributed by atoms with Crippen molar-refractivity contribution in [1.29, 1.82) is 0 Å². The van der Waals surface area contributed by atoms with Gasteiger partial charge in [-0.15, -0.1) is 6.42 Å². The third-order valence-corrected chi connectivity index (χ3v) is 3.81. The van der Waals surface area contributed by atoms with Crippen molar-refractivity contribution in [2.75, 3.05) is 36.4 Å². The first kappa shape index (κ1) is 15.4. The summed E-state index contributed by atoms with van der Waals surface area (Å²) >= 11 is 0. The predicted octanol–water partition coefficient (Wildman–Crippen LogP) is 2.08. The predicted molar refractivity (Wildman–Crippen MR) is 87.4 cm³/mol. The minimum absolute atomic E-state index is 0.0789. The summed E-state index contributed by atoms with van der Waals surface area (Å²) in [7, 11) is 0. The van der Waals surface area contributed by atoms with Gasteiger partial charge in [0.1, 0.15) is 0 Å². The van der Waals surface area contributed by atoms with E-state index in [1.807, 2.05) is 12.1 Å². The van der Waals surface area contributed by atoms with E-state index in [-0.39, 0.29) is 12.5 Å². The van der Waals surface area contributed by atoms with Gasteiger partial charge in [-0.25, -0.2) is 0 Å². The molecule has 0 atom stereocenters. The lowest BCUT2D eigenvalue weighted by Crippen LogP contribution is -2.32. The van der Waals surface area contributed by atoms with Gasteiger partial charge in [0.25, 0.3) is 0 Å².